The fourth-order valence-corrected chi connectivity index (χ4v) is 5.06. The van der Waals surface area contributed by atoms with Crippen LogP contribution in [-0.2, 0) is 19.0 Å². The van der Waals surface area contributed by atoms with Gasteiger partial charge in [0.25, 0.3) is 0 Å². The Morgan fingerprint density at radius 2 is 1.88 bits per heavy atom. The molecule has 0 amide bonds. The molecule has 0 aliphatic heterocycles. The molecule has 0 saturated heterocycles. The Hall–Kier alpha value is -1.29. The van der Waals surface area contributed by atoms with Crippen molar-refractivity contribution in [1.82, 2.24) is 0 Å². The van der Waals surface area contributed by atoms with Gasteiger partial charge >= 0.3 is 157 Å². The van der Waals surface area contributed by atoms with E-state index in [0.717, 1.165) is 31.4 Å². The molecule has 2 atom stereocenters. The zero-order valence-corrected chi connectivity index (χ0v) is 17.0. The minimum absolute atomic E-state index is 0.244. The molecule has 0 heterocycles. The van der Waals surface area contributed by atoms with Gasteiger partial charge < -0.3 is 0 Å². The Balaban J connectivity index is 2.12. The van der Waals surface area contributed by atoms with Crippen molar-refractivity contribution in [2.75, 3.05) is 13.2 Å². The molecule has 0 saturated carbocycles. The normalized spacial score (nSPS) is 16.6. The third-order valence-corrected chi connectivity index (χ3v) is 6.96. The molecule has 0 aromatic heterocycles. The van der Waals surface area contributed by atoms with Crippen LogP contribution < -0.4 is 4.46 Å². The topological polar surface area (TPSA) is 44.8 Å². The van der Waals surface area contributed by atoms with Gasteiger partial charge in [-0.3, -0.25) is 0 Å². The molecule has 0 fully saturated rings. The Morgan fingerprint density at radius 1 is 1.12 bits per heavy atom. The van der Waals surface area contributed by atoms with Crippen molar-refractivity contribution in [1.29, 1.82) is 0 Å². The Labute approximate surface area is 157 Å². The second kappa shape index (κ2) is 10.6. The second-order valence-corrected chi connectivity index (χ2v) is 8.55. The summed E-state index contributed by atoms with van der Waals surface area (Å²) in [5, 5.41) is 0. The molecule has 1 aromatic carbocycles. The van der Waals surface area contributed by atoms with Gasteiger partial charge in [0.15, 0.2) is 0 Å². The number of rotatable bonds is 10. The minimum atomic E-state index is -0.312. The summed E-state index contributed by atoms with van der Waals surface area (Å²) < 4.78 is 18.7. The van der Waals surface area contributed by atoms with E-state index in [1.165, 1.54) is 4.46 Å². The van der Waals surface area contributed by atoms with E-state index in [1.54, 1.807) is 0 Å². The molecule has 1 aromatic rings. The van der Waals surface area contributed by atoms with Gasteiger partial charge in [-0.2, -0.15) is 0 Å². The molecule has 0 radical (unpaired) electrons. The Kier molecular flexibility index (Phi) is 8.53. The molecule has 1 aliphatic carbocycles. The molecule has 2 unspecified atom stereocenters. The predicted molar refractivity (Wildman–Crippen MR) is 99.9 cm³/mol. The first-order valence-electron chi connectivity index (χ1n) is 9.08. The number of ether oxygens (including phenoxy) is 3. The quantitative estimate of drug-likeness (QED) is 0.335. The molecular formula is C20H28O4Se. The Morgan fingerprint density at radius 3 is 2.52 bits per heavy atom. The molecular weight excluding hydrogens is 383 g/mol. The summed E-state index contributed by atoms with van der Waals surface area (Å²) in [5.41, 5.74) is 0.689. The van der Waals surface area contributed by atoms with E-state index < -0.39 is 0 Å². The van der Waals surface area contributed by atoms with Crippen LogP contribution in [0.5, 0.6) is 0 Å². The van der Waals surface area contributed by atoms with Gasteiger partial charge in [0.2, 0.25) is 0 Å². The third kappa shape index (κ3) is 5.88. The van der Waals surface area contributed by atoms with Crippen molar-refractivity contribution in [2.24, 2.45) is 0 Å². The van der Waals surface area contributed by atoms with Crippen molar-refractivity contribution in [2.45, 2.75) is 57.6 Å². The van der Waals surface area contributed by atoms with Gasteiger partial charge in [0.05, 0.1) is 0 Å². The van der Waals surface area contributed by atoms with Crippen LogP contribution in [0.2, 0.25) is 4.82 Å². The molecule has 2 rings (SSSR count). The van der Waals surface area contributed by atoms with E-state index in [1.807, 2.05) is 19.9 Å². The molecule has 138 valence electrons. The fourth-order valence-electron chi connectivity index (χ4n) is 2.81. The molecule has 1 aliphatic rings. The van der Waals surface area contributed by atoms with Crippen molar-refractivity contribution < 1.29 is 19.0 Å². The Bertz CT molecular complexity index is 570. The number of carbonyl (C=O) groups is 1. The molecule has 0 N–H and O–H groups in total. The van der Waals surface area contributed by atoms with Crippen molar-refractivity contribution in [3.63, 3.8) is 0 Å². The molecule has 4 nitrogen and oxygen atoms in total. The van der Waals surface area contributed by atoms with Crippen molar-refractivity contribution in [3.05, 3.63) is 41.7 Å². The summed E-state index contributed by atoms with van der Waals surface area (Å²) in [6, 6.07) is 10.5. The third-order valence-electron chi connectivity index (χ3n) is 4.01. The van der Waals surface area contributed by atoms with Crippen LogP contribution in [0, 0.1) is 0 Å². The molecule has 5 heteroatoms. The average Bonchev–Trinajstić information content (AvgIpc) is 3.09. The number of esters is 1. The van der Waals surface area contributed by atoms with E-state index in [2.05, 4.69) is 31.2 Å². The van der Waals surface area contributed by atoms with Crippen LogP contribution in [0.25, 0.3) is 0 Å². The second-order valence-electron chi connectivity index (χ2n) is 5.79. The average molecular weight is 411 g/mol. The number of hydrogen-bond donors (Lipinski definition) is 0. The number of allylic oxidation sites excluding steroid dienone is 1. The van der Waals surface area contributed by atoms with Crippen LogP contribution >= 0.6 is 0 Å². The zero-order chi connectivity index (χ0) is 18.1. The molecule has 0 bridgehead atoms. The molecule has 25 heavy (non-hydrogen) atoms. The van der Waals surface area contributed by atoms with Crippen molar-refractivity contribution in [3.8, 4) is 0 Å². The predicted octanol–water partition coefficient (Wildman–Crippen LogP) is 3.59. The maximum absolute atomic E-state index is 12.1. The van der Waals surface area contributed by atoms with Crippen LogP contribution in [0.4, 0.5) is 0 Å². The van der Waals surface area contributed by atoms with Gasteiger partial charge in [-0.05, 0) is 0 Å². The van der Waals surface area contributed by atoms with E-state index in [4.69, 9.17) is 14.2 Å². The standard InChI is InChI=1S/C20H28O4Se/c1-4-18(25-15-11-8-7-9-12-15)20(23-6-3)24-17-14-10-13-16(17)19(21)22-5-2/h7-9,11-12,18,20H,4-6,10,13-14H2,1-3H3. The van der Waals surface area contributed by atoms with Gasteiger partial charge in [-0.1, -0.05) is 0 Å². The number of benzene rings is 1. The number of hydrogen-bond acceptors (Lipinski definition) is 4. The molecule has 0 spiro atoms. The van der Waals surface area contributed by atoms with E-state index in [-0.39, 0.29) is 27.2 Å². The van der Waals surface area contributed by atoms with Gasteiger partial charge in [-0.25, -0.2) is 0 Å². The van der Waals surface area contributed by atoms with Gasteiger partial charge in [0.1, 0.15) is 0 Å². The van der Waals surface area contributed by atoms with Crippen molar-refractivity contribution >= 4 is 25.4 Å². The fraction of sp³-hybridized carbons (Fsp3) is 0.550. The summed E-state index contributed by atoms with van der Waals surface area (Å²) in [4.78, 5) is 12.4. The summed E-state index contributed by atoms with van der Waals surface area (Å²) >= 11 is 0.249. The van der Waals surface area contributed by atoms with E-state index in [9.17, 15) is 4.79 Å². The van der Waals surface area contributed by atoms with Crippen LogP contribution in [0.3, 0.4) is 0 Å². The van der Waals surface area contributed by atoms with Gasteiger partial charge in [-0.15, -0.1) is 0 Å². The first kappa shape index (κ1) is 20.0. The maximum atomic E-state index is 12.1. The summed E-state index contributed by atoms with van der Waals surface area (Å²) in [7, 11) is 0. The zero-order valence-electron chi connectivity index (χ0n) is 15.3. The van der Waals surface area contributed by atoms with E-state index in [0.29, 0.717) is 23.6 Å². The van der Waals surface area contributed by atoms with Crippen LogP contribution in [-0.4, -0.2) is 40.4 Å². The first-order valence-corrected chi connectivity index (χ1v) is 10.9. The van der Waals surface area contributed by atoms with E-state index >= 15 is 0 Å². The van der Waals surface area contributed by atoms with Gasteiger partial charge in [0, 0.05) is 0 Å². The first-order chi connectivity index (χ1) is 12.2. The van der Waals surface area contributed by atoms with Crippen LogP contribution in [0.15, 0.2) is 41.7 Å². The summed E-state index contributed by atoms with van der Waals surface area (Å²) in [6.45, 7) is 6.95. The number of carbonyl (C=O) groups excluding carboxylic acids is 1. The monoisotopic (exact) mass is 412 g/mol. The van der Waals surface area contributed by atoms with Crippen LogP contribution in [0.1, 0.15) is 46.5 Å². The summed E-state index contributed by atoms with van der Waals surface area (Å²) in [6.07, 6.45) is 3.11. The SMILES string of the molecule is CCOC(=O)C1=C(OC(OCC)C(CC)[Se]c2ccccc2)CCC1. The summed E-state index contributed by atoms with van der Waals surface area (Å²) in [5.74, 6) is 0.520.